The number of hydrogen-bond donors (Lipinski definition) is 0. The van der Waals surface area contributed by atoms with Gasteiger partial charge in [-0.1, -0.05) is 0 Å². The van der Waals surface area contributed by atoms with Crippen LogP contribution in [0, 0.1) is 0 Å². The Morgan fingerprint density at radius 3 is 1.00 bits per heavy atom. The van der Waals surface area contributed by atoms with Crippen LogP contribution < -0.4 is 0 Å². The maximum atomic E-state index is 12.8. The number of unbranched alkanes of at least 4 members (excludes halogenated alkanes) is 4. The van der Waals surface area contributed by atoms with Crippen LogP contribution in [0.1, 0.15) is 92.9 Å². The zero-order valence-corrected chi connectivity index (χ0v) is 23.4. The van der Waals surface area contributed by atoms with E-state index in [4.69, 9.17) is 1.41 Å². The molecule has 0 fully saturated rings. The Balaban J connectivity index is 5.79. The molecule has 0 N–H and O–H groups in total. The molecule has 0 amide bonds. The summed E-state index contributed by atoms with van der Waals surface area (Å²) >= 11 is -6.78. The first-order chi connectivity index (χ1) is 11.8. The van der Waals surface area contributed by atoms with E-state index in [1.165, 1.54) is 0 Å². The van der Waals surface area contributed by atoms with Crippen LogP contribution in [0.15, 0.2) is 0 Å². The van der Waals surface area contributed by atoms with Gasteiger partial charge < -0.3 is 0 Å². The van der Waals surface area contributed by atoms with Crippen LogP contribution in [0.25, 0.3) is 0 Å². The summed E-state index contributed by atoms with van der Waals surface area (Å²) in [6.45, 7) is 12.3. The molecule has 0 atom stereocenters. The van der Waals surface area contributed by atoms with Gasteiger partial charge in [0.05, 0.1) is 0 Å². The third-order valence-electron chi connectivity index (χ3n) is 5.41. The summed E-state index contributed by atoms with van der Waals surface area (Å²) in [5.74, 6) is 0. The molecule has 0 saturated carbocycles. The number of carbonyl (C=O) groups excluding carboxylic acids is 2. The van der Waals surface area contributed by atoms with Gasteiger partial charge in [-0.3, -0.25) is 0 Å². The average Bonchev–Trinajstić information content (AvgIpc) is 2.59. The summed E-state index contributed by atoms with van der Waals surface area (Å²) < 4.78 is 11.7. The van der Waals surface area contributed by atoms with Gasteiger partial charge in [0.2, 0.25) is 0 Å². The van der Waals surface area contributed by atoms with Gasteiger partial charge in [0.25, 0.3) is 0 Å². The maximum absolute atomic E-state index is 12.8. The molecule has 0 spiro atoms. The molecule has 0 bridgehead atoms. The van der Waals surface area contributed by atoms with Crippen LogP contribution in [-0.4, -0.2) is 45.2 Å². The Morgan fingerprint density at radius 1 is 0.600 bits per heavy atom. The van der Waals surface area contributed by atoms with Crippen molar-refractivity contribution in [3.05, 3.63) is 0 Å². The van der Waals surface area contributed by atoms with Crippen molar-refractivity contribution in [1.82, 2.24) is 0 Å². The van der Waals surface area contributed by atoms with Crippen molar-refractivity contribution in [2.45, 2.75) is 111 Å². The molecular weight excluding hydrogens is 526 g/mol. The second-order valence-corrected chi connectivity index (χ2v) is 33.2. The third kappa shape index (κ3) is 8.63. The van der Waals surface area contributed by atoms with Crippen molar-refractivity contribution in [1.29, 1.82) is 0 Å². The van der Waals surface area contributed by atoms with E-state index in [2.05, 4.69) is 27.7 Å². The van der Waals surface area contributed by atoms with E-state index in [-0.39, 0.29) is 0 Å². The van der Waals surface area contributed by atoms with Gasteiger partial charge in [-0.2, -0.15) is 0 Å². The summed E-state index contributed by atoms with van der Waals surface area (Å²) in [7, 11) is 0. The van der Waals surface area contributed by atoms with E-state index < -0.39 is 37.6 Å². The molecule has 0 aromatic carbocycles. The minimum atomic E-state index is -3.39. The van der Waals surface area contributed by atoms with Crippen LogP contribution in [0.2, 0.25) is 17.7 Å². The average molecular weight is 568 g/mol. The van der Waals surface area contributed by atoms with Crippen molar-refractivity contribution < 1.29 is 11.0 Å². The monoisotopic (exact) mass is 570 g/mol. The van der Waals surface area contributed by atoms with Gasteiger partial charge >= 0.3 is 167 Å². The fraction of sp³-hybridized carbons (Fsp3) is 0.900. The summed E-state index contributed by atoms with van der Waals surface area (Å²) in [4.78, 5) is 25.6. The quantitative estimate of drug-likeness (QED) is 0.204. The molecule has 3 nitrogen and oxygen atoms in total. The Kier molecular flexibility index (Phi) is 14.5. The van der Waals surface area contributed by atoms with E-state index in [9.17, 15) is 9.59 Å². The zero-order chi connectivity index (χ0) is 19.3. The second-order valence-electron chi connectivity index (χ2n) is 7.62. The molecular formula is C20H42O3Sn2. The van der Waals surface area contributed by atoms with Crippen LogP contribution in [0.4, 0.5) is 0 Å². The van der Waals surface area contributed by atoms with Gasteiger partial charge in [0.15, 0.2) is 0 Å². The van der Waals surface area contributed by atoms with Crippen molar-refractivity contribution in [3.63, 3.8) is 0 Å². The molecule has 0 aromatic rings. The van der Waals surface area contributed by atoms with Crippen LogP contribution in [-0.2, 0) is 11.0 Å². The fourth-order valence-electron chi connectivity index (χ4n) is 3.53. The first-order valence-electron chi connectivity index (χ1n) is 10.6. The Morgan fingerprint density at radius 2 is 0.840 bits per heavy atom. The fourth-order valence-corrected chi connectivity index (χ4v) is 51.3. The summed E-state index contributed by atoms with van der Waals surface area (Å²) in [6, 6.07) is 0. The van der Waals surface area contributed by atoms with Gasteiger partial charge in [-0.25, -0.2) is 0 Å². The predicted molar refractivity (Wildman–Crippen MR) is 113 cm³/mol. The first kappa shape index (κ1) is 25.9. The molecule has 148 valence electrons. The number of rotatable bonds is 16. The number of hydrogen-bond acceptors (Lipinski definition) is 3. The van der Waals surface area contributed by atoms with Crippen LogP contribution in [0.5, 0.6) is 0 Å². The van der Waals surface area contributed by atoms with E-state index in [1.54, 1.807) is 13.8 Å². The summed E-state index contributed by atoms with van der Waals surface area (Å²) in [5.41, 5.74) is 0. The van der Waals surface area contributed by atoms with Gasteiger partial charge in [-0.15, -0.1) is 0 Å². The normalized spacial score (nSPS) is 12.4. The van der Waals surface area contributed by atoms with Crippen molar-refractivity contribution in [3.8, 4) is 0 Å². The molecule has 0 saturated heterocycles. The second kappa shape index (κ2) is 14.0. The SMILES string of the molecule is CCC[CH2][Sn]([CH2]CCC)([O][Sn]([CH2]CCC)([CH2]CCC)[C](C)=O)[C](C)=O. The zero-order valence-electron chi connectivity index (χ0n) is 17.7. The van der Waals surface area contributed by atoms with E-state index in [0.717, 1.165) is 69.1 Å². The molecule has 0 aliphatic carbocycles. The summed E-state index contributed by atoms with van der Waals surface area (Å²) in [6.07, 6.45) is 8.76. The van der Waals surface area contributed by atoms with Crippen LogP contribution in [0.3, 0.4) is 0 Å². The topological polar surface area (TPSA) is 43.4 Å². The molecule has 0 rings (SSSR count). The predicted octanol–water partition coefficient (Wildman–Crippen LogP) is 6.35. The van der Waals surface area contributed by atoms with Crippen molar-refractivity contribution >= 4 is 45.2 Å². The van der Waals surface area contributed by atoms with Gasteiger partial charge in [-0.05, 0) is 0 Å². The van der Waals surface area contributed by atoms with Crippen LogP contribution >= 0.6 is 0 Å². The third-order valence-corrected chi connectivity index (χ3v) is 43.2. The number of carbonyl (C=O) groups is 2. The molecule has 25 heavy (non-hydrogen) atoms. The molecule has 0 heterocycles. The van der Waals surface area contributed by atoms with Gasteiger partial charge in [0, 0.05) is 0 Å². The molecule has 0 aliphatic heterocycles. The Bertz CT molecular complexity index is 344. The first-order valence-corrected chi connectivity index (χ1v) is 23.8. The van der Waals surface area contributed by atoms with E-state index in [0.29, 0.717) is 7.60 Å². The molecule has 0 aromatic heterocycles. The van der Waals surface area contributed by atoms with Crippen molar-refractivity contribution in [2.75, 3.05) is 0 Å². The standard InChI is InChI=1S/4C4H9.2C2H3O.O.2Sn/c4*1-3-4-2;2*1-2-3;;;/h4*1,3-4H2,2H3;2*1H3;;;. The molecule has 0 unspecified atom stereocenters. The van der Waals surface area contributed by atoms with E-state index in [1.807, 2.05) is 0 Å². The Labute approximate surface area is 165 Å². The molecule has 0 radical (unpaired) electrons. The molecule has 5 heteroatoms. The summed E-state index contributed by atoms with van der Waals surface area (Å²) in [5, 5.41) is 0. The van der Waals surface area contributed by atoms with E-state index >= 15 is 0 Å². The Hall–Kier alpha value is 0.897. The molecule has 0 aliphatic rings. The van der Waals surface area contributed by atoms with Gasteiger partial charge in [0.1, 0.15) is 0 Å². The van der Waals surface area contributed by atoms with Crippen molar-refractivity contribution in [2.24, 2.45) is 0 Å². The minimum absolute atomic E-state index is 0.353.